The van der Waals surface area contributed by atoms with E-state index in [1.165, 1.54) is 24.1 Å². The Kier molecular flexibility index (Phi) is 2.86. The molecule has 3 rings (SSSR count). The molecule has 1 aliphatic rings. The predicted molar refractivity (Wildman–Crippen MR) is 67.9 cm³/mol. The number of aromatic nitrogens is 3. The first-order valence-electron chi connectivity index (χ1n) is 5.77. The maximum Gasteiger partial charge on any atom is 0.179 e. The number of hydrogen-bond acceptors (Lipinski definition) is 5. The largest absolute Gasteiger partial charge is 0.316 e. The summed E-state index contributed by atoms with van der Waals surface area (Å²) >= 11 is 1.58. The number of nitrogens with one attached hydrogen (secondary N) is 1. The first-order chi connectivity index (χ1) is 8.38. The SMILES string of the molecule is CNCc1cnc(-c2cscn2)nc1C1CC1. The first kappa shape index (κ1) is 10.8. The van der Waals surface area contributed by atoms with Crippen LogP contribution in [0.2, 0.25) is 0 Å². The molecule has 0 aromatic carbocycles. The second-order valence-corrected chi connectivity index (χ2v) is 5.00. The normalized spacial score (nSPS) is 15.1. The molecule has 2 aromatic heterocycles. The molecular weight excluding hydrogens is 232 g/mol. The fourth-order valence-corrected chi connectivity index (χ4v) is 2.43. The lowest BCUT2D eigenvalue weighted by molar-refractivity contribution is 0.784. The monoisotopic (exact) mass is 246 g/mol. The molecule has 0 atom stereocenters. The Labute approximate surface area is 104 Å². The summed E-state index contributed by atoms with van der Waals surface area (Å²) in [6.45, 7) is 0.836. The van der Waals surface area contributed by atoms with Gasteiger partial charge in [0.05, 0.1) is 11.2 Å². The third-order valence-electron chi connectivity index (χ3n) is 2.89. The van der Waals surface area contributed by atoms with Crippen LogP contribution in [0.3, 0.4) is 0 Å². The van der Waals surface area contributed by atoms with Gasteiger partial charge in [-0.1, -0.05) is 0 Å². The number of rotatable bonds is 4. The zero-order valence-corrected chi connectivity index (χ0v) is 10.5. The van der Waals surface area contributed by atoms with Crippen molar-refractivity contribution >= 4 is 11.3 Å². The van der Waals surface area contributed by atoms with Gasteiger partial charge in [0, 0.05) is 29.6 Å². The Bertz CT molecular complexity index is 505. The lowest BCUT2D eigenvalue weighted by Crippen LogP contribution is -2.10. The van der Waals surface area contributed by atoms with Crippen LogP contribution in [0.1, 0.15) is 30.0 Å². The average Bonchev–Trinajstić information content (AvgIpc) is 3.05. The van der Waals surface area contributed by atoms with Crippen LogP contribution in [0.5, 0.6) is 0 Å². The summed E-state index contributed by atoms with van der Waals surface area (Å²) in [5.41, 5.74) is 5.12. The van der Waals surface area contributed by atoms with Gasteiger partial charge in [-0.15, -0.1) is 11.3 Å². The molecule has 0 bridgehead atoms. The second kappa shape index (κ2) is 4.50. The van der Waals surface area contributed by atoms with Gasteiger partial charge in [0.25, 0.3) is 0 Å². The van der Waals surface area contributed by atoms with Crippen LogP contribution in [0.15, 0.2) is 17.1 Å². The number of thiazole rings is 1. The van der Waals surface area contributed by atoms with Crippen LogP contribution in [0, 0.1) is 0 Å². The van der Waals surface area contributed by atoms with Gasteiger partial charge in [-0.2, -0.15) is 0 Å². The van der Waals surface area contributed by atoms with Gasteiger partial charge in [0.1, 0.15) is 5.69 Å². The summed E-state index contributed by atoms with van der Waals surface area (Å²) in [5, 5.41) is 5.16. The zero-order chi connectivity index (χ0) is 11.7. The van der Waals surface area contributed by atoms with Gasteiger partial charge in [0.2, 0.25) is 0 Å². The molecule has 0 spiro atoms. The van der Waals surface area contributed by atoms with Crippen molar-refractivity contribution in [3.05, 3.63) is 28.3 Å². The summed E-state index contributed by atoms with van der Waals surface area (Å²) in [5.74, 6) is 1.40. The topological polar surface area (TPSA) is 50.7 Å². The van der Waals surface area contributed by atoms with E-state index in [-0.39, 0.29) is 0 Å². The lowest BCUT2D eigenvalue weighted by atomic mass is 10.1. The molecule has 1 saturated carbocycles. The molecule has 1 fully saturated rings. The average molecular weight is 246 g/mol. The third kappa shape index (κ3) is 2.21. The Balaban J connectivity index is 1.99. The highest BCUT2D eigenvalue weighted by Crippen LogP contribution is 2.40. The molecule has 17 heavy (non-hydrogen) atoms. The van der Waals surface area contributed by atoms with Gasteiger partial charge in [0.15, 0.2) is 5.82 Å². The molecule has 0 saturated heterocycles. The Hall–Kier alpha value is -1.33. The molecule has 4 nitrogen and oxygen atoms in total. The summed E-state index contributed by atoms with van der Waals surface area (Å²) in [6, 6.07) is 0. The van der Waals surface area contributed by atoms with Gasteiger partial charge in [-0.05, 0) is 19.9 Å². The zero-order valence-electron chi connectivity index (χ0n) is 9.68. The first-order valence-corrected chi connectivity index (χ1v) is 6.71. The van der Waals surface area contributed by atoms with E-state index in [2.05, 4.69) is 20.3 Å². The standard InChI is InChI=1S/C12H14N4S/c1-13-4-9-5-14-12(10-6-17-7-15-10)16-11(9)8-2-3-8/h5-8,13H,2-4H2,1H3. The fraction of sp³-hybridized carbons (Fsp3) is 0.417. The van der Waals surface area contributed by atoms with E-state index in [0.717, 1.165) is 18.1 Å². The van der Waals surface area contributed by atoms with Crippen molar-refractivity contribution in [3.8, 4) is 11.5 Å². The van der Waals surface area contributed by atoms with Crippen molar-refractivity contribution in [1.82, 2.24) is 20.3 Å². The Morgan fingerprint density at radius 3 is 2.94 bits per heavy atom. The van der Waals surface area contributed by atoms with Gasteiger partial charge in [-0.3, -0.25) is 0 Å². The van der Waals surface area contributed by atoms with Crippen LogP contribution in [-0.2, 0) is 6.54 Å². The molecule has 2 aromatic rings. The van der Waals surface area contributed by atoms with E-state index in [1.54, 1.807) is 11.3 Å². The van der Waals surface area contributed by atoms with Gasteiger partial charge >= 0.3 is 0 Å². The van der Waals surface area contributed by atoms with Gasteiger partial charge in [-0.25, -0.2) is 15.0 Å². The van der Waals surface area contributed by atoms with Crippen LogP contribution in [0.25, 0.3) is 11.5 Å². The van der Waals surface area contributed by atoms with E-state index in [4.69, 9.17) is 0 Å². The minimum absolute atomic E-state index is 0.638. The van der Waals surface area contributed by atoms with Gasteiger partial charge < -0.3 is 5.32 Å². The van der Waals surface area contributed by atoms with Crippen molar-refractivity contribution in [1.29, 1.82) is 0 Å². The fourth-order valence-electron chi connectivity index (χ4n) is 1.90. The maximum atomic E-state index is 4.69. The molecule has 0 amide bonds. The summed E-state index contributed by atoms with van der Waals surface area (Å²) < 4.78 is 0. The minimum Gasteiger partial charge on any atom is -0.316 e. The second-order valence-electron chi connectivity index (χ2n) is 4.28. The molecule has 0 aliphatic heterocycles. The van der Waals surface area contributed by atoms with Crippen molar-refractivity contribution in [2.45, 2.75) is 25.3 Å². The van der Waals surface area contributed by atoms with Crippen molar-refractivity contribution < 1.29 is 0 Å². The molecule has 88 valence electrons. The molecule has 1 N–H and O–H groups in total. The number of hydrogen-bond donors (Lipinski definition) is 1. The third-order valence-corrected chi connectivity index (χ3v) is 3.48. The minimum atomic E-state index is 0.638. The summed E-state index contributed by atoms with van der Waals surface area (Å²) in [4.78, 5) is 13.4. The van der Waals surface area contributed by atoms with Crippen LogP contribution < -0.4 is 5.32 Å². The molecule has 2 heterocycles. The van der Waals surface area contributed by atoms with Crippen molar-refractivity contribution in [2.24, 2.45) is 0 Å². The maximum absolute atomic E-state index is 4.69. The van der Waals surface area contributed by atoms with Crippen LogP contribution in [0.4, 0.5) is 0 Å². The Morgan fingerprint density at radius 2 is 2.29 bits per heavy atom. The van der Waals surface area contributed by atoms with E-state index >= 15 is 0 Å². The Morgan fingerprint density at radius 1 is 1.41 bits per heavy atom. The van der Waals surface area contributed by atoms with Crippen LogP contribution in [-0.4, -0.2) is 22.0 Å². The number of nitrogens with zero attached hydrogens (tertiary/aromatic N) is 3. The van der Waals surface area contributed by atoms with E-state index in [1.807, 2.05) is 24.1 Å². The molecule has 0 unspecified atom stereocenters. The quantitative estimate of drug-likeness (QED) is 0.898. The molecular formula is C12H14N4S. The molecule has 5 heteroatoms. The van der Waals surface area contributed by atoms with Crippen molar-refractivity contribution in [2.75, 3.05) is 7.05 Å². The van der Waals surface area contributed by atoms with E-state index in [9.17, 15) is 0 Å². The predicted octanol–water partition coefficient (Wildman–Crippen LogP) is 2.20. The van der Waals surface area contributed by atoms with E-state index in [0.29, 0.717) is 5.92 Å². The molecule has 1 aliphatic carbocycles. The summed E-state index contributed by atoms with van der Waals surface area (Å²) in [7, 11) is 1.95. The highest BCUT2D eigenvalue weighted by molar-refractivity contribution is 7.07. The van der Waals surface area contributed by atoms with Crippen LogP contribution >= 0.6 is 11.3 Å². The smallest absolute Gasteiger partial charge is 0.179 e. The highest BCUT2D eigenvalue weighted by atomic mass is 32.1. The lowest BCUT2D eigenvalue weighted by Gasteiger charge is -2.08. The molecule has 0 radical (unpaired) electrons. The summed E-state index contributed by atoms with van der Waals surface area (Å²) in [6.07, 6.45) is 4.44. The van der Waals surface area contributed by atoms with E-state index < -0.39 is 0 Å². The van der Waals surface area contributed by atoms with Crippen molar-refractivity contribution in [3.63, 3.8) is 0 Å². The highest BCUT2D eigenvalue weighted by Gasteiger charge is 2.28.